The van der Waals surface area contributed by atoms with Gasteiger partial charge >= 0.3 is 6.61 Å². The number of carbonyl (C=O) groups is 1. The molecule has 0 atom stereocenters. The van der Waals surface area contributed by atoms with Crippen LogP contribution in [0.1, 0.15) is 35.8 Å². The Morgan fingerprint density at radius 3 is 2.45 bits per heavy atom. The lowest BCUT2D eigenvalue weighted by atomic mass is 10.1. The SMILES string of the molecule is CCCCc1ccc(NC(=O)c2csc(Nc3ccc(OC(F)F)cc3)n2)cc1. The minimum atomic E-state index is -2.86. The summed E-state index contributed by atoms with van der Waals surface area (Å²) in [5, 5.41) is 8.04. The van der Waals surface area contributed by atoms with Crippen LogP contribution in [0.4, 0.5) is 25.3 Å². The van der Waals surface area contributed by atoms with E-state index in [0.29, 0.717) is 22.2 Å². The highest BCUT2D eigenvalue weighted by Crippen LogP contribution is 2.24. The van der Waals surface area contributed by atoms with Gasteiger partial charge in [0.15, 0.2) is 5.13 Å². The number of thiazole rings is 1. The monoisotopic (exact) mass is 417 g/mol. The van der Waals surface area contributed by atoms with Gasteiger partial charge in [-0.05, 0) is 54.8 Å². The van der Waals surface area contributed by atoms with Gasteiger partial charge in [-0.2, -0.15) is 8.78 Å². The van der Waals surface area contributed by atoms with Crippen LogP contribution in [0, 0.1) is 0 Å². The van der Waals surface area contributed by atoms with Gasteiger partial charge in [0.1, 0.15) is 11.4 Å². The van der Waals surface area contributed by atoms with Gasteiger partial charge in [-0.15, -0.1) is 11.3 Å². The number of rotatable bonds is 9. The van der Waals surface area contributed by atoms with Crippen LogP contribution < -0.4 is 15.4 Å². The number of benzene rings is 2. The quantitative estimate of drug-likeness (QED) is 0.443. The number of aromatic nitrogens is 1. The number of alkyl halides is 2. The fourth-order valence-electron chi connectivity index (χ4n) is 2.61. The third kappa shape index (κ3) is 6.25. The number of unbranched alkanes of at least 4 members (excludes halogenated alkanes) is 1. The predicted octanol–water partition coefficient (Wildman–Crippen LogP) is 6.08. The molecule has 3 aromatic rings. The molecule has 0 aliphatic heterocycles. The molecule has 0 saturated heterocycles. The molecule has 2 aromatic carbocycles. The van der Waals surface area contributed by atoms with E-state index in [4.69, 9.17) is 0 Å². The number of nitrogens with zero attached hydrogens (tertiary/aromatic N) is 1. The Morgan fingerprint density at radius 2 is 1.79 bits per heavy atom. The third-order valence-corrected chi connectivity index (χ3v) is 4.86. The van der Waals surface area contributed by atoms with Crippen molar-refractivity contribution in [1.29, 1.82) is 0 Å². The molecule has 2 N–H and O–H groups in total. The van der Waals surface area contributed by atoms with E-state index in [-0.39, 0.29) is 11.7 Å². The fourth-order valence-corrected chi connectivity index (χ4v) is 3.32. The Labute approximate surface area is 171 Å². The van der Waals surface area contributed by atoms with E-state index in [0.717, 1.165) is 19.3 Å². The Balaban J connectivity index is 1.56. The number of anilines is 3. The summed E-state index contributed by atoms with van der Waals surface area (Å²) in [5.74, 6) is -0.221. The number of ether oxygens (including phenoxy) is 1. The molecule has 1 aromatic heterocycles. The van der Waals surface area contributed by atoms with E-state index >= 15 is 0 Å². The van der Waals surface area contributed by atoms with Gasteiger partial charge in [-0.25, -0.2) is 4.98 Å². The van der Waals surface area contributed by atoms with Gasteiger partial charge in [0.05, 0.1) is 0 Å². The molecular weight excluding hydrogens is 396 g/mol. The number of aryl methyl sites for hydroxylation is 1. The normalized spacial score (nSPS) is 10.8. The fraction of sp³-hybridized carbons (Fsp3) is 0.238. The Morgan fingerprint density at radius 1 is 1.10 bits per heavy atom. The van der Waals surface area contributed by atoms with Crippen LogP contribution in [0.3, 0.4) is 0 Å². The number of hydrogen-bond acceptors (Lipinski definition) is 5. The highest BCUT2D eigenvalue weighted by molar-refractivity contribution is 7.14. The molecule has 0 spiro atoms. The van der Waals surface area contributed by atoms with E-state index in [2.05, 4.69) is 27.3 Å². The van der Waals surface area contributed by atoms with Gasteiger partial charge in [0.2, 0.25) is 0 Å². The van der Waals surface area contributed by atoms with Crippen molar-refractivity contribution in [3.63, 3.8) is 0 Å². The van der Waals surface area contributed by atoms with Crippen LogP contribution >= 0.6 is 11.3 Å². The average Bonchev–Trinajstić information content (AvgIpc) is 3.17. The zero-order valence-corrected chi connectivity index (χ0v) is 16.6. The molecule has 5 nitrogen and oxygen atoms in total. The van der Waals surface area contributed by atoms with E-state index in [1.165, 1.54) is 29.0 Å². The van der Waals surface area contributed by atoms with Gasteiger partial charge in [-0.1, -0.05) is 25.5 Å². The average molecular weight is 417 g/mol. The lowest BCUT2D eigenvalue weighted by molar-refractivity contribution is -0.0498. The zero-order valence-electron chi connectivity index (χ0n) is 15.8. The van der Waals surface area contributed by atoms with Crippen LogP contribution in [0.15, 0.2) is 53.9 Å². The highest BCUT2D eigenvalue weighted by Gasteiger charge is 2.12. The van der Waals surface area contributed by atoms with Crippen molar-refractivity contribution < 1.29 is 18.3 Å². The molecule has 0 aliphatic rings. The summed E-state index contributed by atoms with van der Waals surface area (Å²) in [6, 6.07) is 13.9. The van der Waals surface area contributed by atoms with E-state index in [1.807, 2.05) is 24.3 Å². The number of halogens is 2. The molecule has 3 rings (SSSR count). The summed E-state index contributed by atoms with van der Waals surface area (Å²) in [5.41, 5.74) is 2.91. The summed E-state index contributed by atoms with van der Waals surface area (Å²) in [6.45, 7) is -0.705. The smallest absolute Gasteiger partial charge is 0.387 e. The molecule has 1 amide bonds. The van der Waals surface area contributed by atoms with Gasteiger partial charge < -0.3 is 15.4 Å². The molecule has 8 heteroatoms. The second kappa shape index (κ2) is 9.97. The van der Waals surface area contributed by atoms with Crippen molar-refractivity contribution in [2.24, 2.45) is 0 Å². The largest absolute Gasteiger partial charge is 0.435 e. The van der Waals surface area contributed by atoms with E-state index in [1.54, 1.807) is 17.5 Å². The molecule has 0 radical (unpaired) electrons. The molecule has 1 heterocycles. The first-order chi connectivity index (χ1) is 14.0. The summed E-state index contributed by atoms with van der Waals surface area (Å²) in [4.78, 5) is 16.7. The number of carbonyl (C=O) groups excluding carboxylic acids is 1. The molecule has 0 unspecified atom stereocenters. The lowest BCUT2D eigenvalue weighted by Gasteiger charge is -2.06. The van der Waals surface area contributed by atoms with Crippen LogP contribution in [0.2, 0.25) is 0 Å². The maximum atomic E-state index is 12.4. The number of nitrogens with one attached hydrogen (secondary N) is 2. The van der Waals surface area contributed by atoms with Gasteiger partial charge in [0.25, 0.3) is 5.91 Å². The summed E-state index contributed by atoms with van der Waals surface area (Å²) in [6.07, 6.45) is 3.32. The zero-order chi connectivity index (χ0) is 20.6. The Bertz CT molecular complexity index is 928. The summed E-state index contributed by atoms with van der Waals surface area (Å²) in [7, 11) is 0. The first kappa shape index (κ1) is 20.7. The van der Waals surface area contributed by atoms with Gasteiger partial charge in [-0.3, -0.25) is 4.79 Å². The predicted molar refractivity (Wildman–Crippen MR) is 111 cm³/mol. The van der Waals surface area contributed by atoms with Crippen molar-refractivity contribution in [3.8, 4) is 5.75 Å². The van der Waals surface area contributed by atoms with Crippen LogP contribution in [-0.4, -0.2) is 17.5 Å². The lowest BCUT2D eigenvalue weighted by Crippen LogP contribution is -2.12. The molecule has 0 saturated carbocycles. The number of hydrogen-bond donors (Lipinski definition) is 2. The van der Waals surface area contributed by atoms with Crippen molar-refractivity contribution in [1.82, 2.24) is 4.98 Å². The van der Waals surface area contributed by atoms with Crippen molar-refractivity contribution in [3.05, 3.63) is 65.2 Å². The van der Waals surface area contributed by atoms with Crippen molar-refractivity contribution >= 4 is 33.8 Å². The molecule has 0 aliphatic carbocycles. The third-order valence-electron chi connectivity index (χ3n) is 4.10. The first-order valence-corrected chi connectivity index (χ1v) is 10.1. The van der Waals surface area contributed by atoms with Crippen LogP contribution in [-0.2, 0) is 6.42 Å². The van der Waals surface area contributed by atoms with E-state index in [9.17, 15) is 13.6 Å². The molecule has 0 fully saturated rings. The van der Waals surface area contributed by atoms with Crippen LogP contribution in [0.25, 0.3) is 0 Å². The van der Waals surface area contributed by atoms with Crippen molar-refractivity contribution in [2.45, 2.75) is 32.8 Å². The summed E-state index contributed by atoms with van der Waals surface area (Å²) < 4.78 is 28.7. The Hall–Kier alpha value is -3.00. The minimum absolute atomic E-state index is 0.0745. The maximum Gasteiger partial charge on any atom is 0.387 e. The molecule has 152 valence electrons. The maximum absolute atomic E-state index is 12.4. The standard InChI is InChI=1S/C21H21F2N3O2S/c1-2-3-4-14-5-7-15(8-6-14)24-19(27)18-13-29-21(26-18)25-16-9-11-17(12-10-16)28-20(22)23/h5-13,20H,2-4H2,1H3,(H,24,27)(H,25,26). The van der Waals surface area contributed by atoms with Crippen LogP contribution in [0.5, 0.6) is 5.75 Å². The minimum Gasteiger partial charge on any atom is -0.435 e. The second-order valence-corrected chi connectivity index (χ2v) is 7.18. The molecular formula is C21H21F2N3O2S. The molecule has 29 heavy (non-hydrogen) atoms. The first-order valence-electron chi connectivity index (χ1n) is 9.21. The van der Waals surface area contributed by atoms with Gasteiger partial charge in [0, 0.05) is 16.8 Å². The number of amides is 1. The van der Waals surface area contributed by atoms with Crippen molar-refractivity contribution in [2.75, 3.05) is 10.6 Å². The van der Waals surface area contributed by atoms with E-state index < -0.39 is 6.61 Å². The molecule has 0 bridgehead atoms. The topological polar surface area (TPSA) is 63.2 Å². The Kier molecular flexibility index (Phi) is 7.13. The highest BCUT2D eigenvalue weighted by atomic mass is 32.1. The second-order valence-electron chi connectivity index (χ2n) is 6.32. The summed E-state index contributed by atoms with van der Waals surface area (Å²) >= 11 is 1.28.